The molecule has 0 unspecified atom stereocenters. The van der Waals surface area contributed by atoms with Crippen LogP contribution < -0.4 is 0 Å². The highest BCUT2D eigenvalue weighted by molar-refractivity contribution is 3.67. The SMILES string of the molecule is FOCOF. The first-order chi connectivity index (χ1) is 2.41. The highest BCUT2D eigenvalue weighted by Crippen LogP contribution is 1.73. The van der Waals surface area contributed by atoms with Crippen LogP contribution in [0.3, 0.4) is 0 Å². The largest absolute Gasteiger partial charge is 0.225 e. The summed E-state index contributed by atoms with van der Waals surface area (Å²) in [5.41, 5.74) is 0. The van der Waals surface area contributed by atoms with Crippen LogP contribution in [-0.2, 0) is 9.88 Å². The topological polar surface area (TPSA) is 18.5 Å². The molecule has 5 heavy (non-hydrogen) atoms. The zero-order valence-corrected chi connectivity index (χ0v) is 2.28. The van der Waals surface area contributed by atoms with Crippen LogP contribution in [-0.4, -0.2) is 6.79 Å². The number of halogens is 2. The van der Waals surface area contributed by atoms with Crippen molar-refractivity contribution in [3.63, 3.8) is 0 Å². The Balaban J connectivity index is 2.19. The summed E-state index contributed by atoms with van der Waals surface area (Å²) in [6, 6.07) is 0. The van der Waals surface area contributed by atoms with Crippen LogP contribution in [0.25, 0.3) is 0 Å². The summed E-state index contributed by atoms with van der Waals surface area (Å²) in [7, 11) is 0. The van der Waals surface area contributed by atoms with Crippen molar-refractivity contribution in [1.29, 1.82) is 0 Å². The molecule has 0 rings (SSSR count). The van der Waals surface area contributed by atoms with Crippen LogP contribution >= 0.6 is 0 Å². The summed E-state index contributed by atoms with van der Waals surface area (Å²) in [4.78, 5) is 5.19. The Morgan fingerprint density at radius 1 is 1.20 bits per heavy atom. The first kappa shape index (κ1) is 4.78. The summed E-state index contributed by atoms with van der Waals surface area (Å²) in [5.74, 6) is 0. The quantitative estimate of drug-likeness (QED) is 0.459. The third-order valence-electron chi connectivity index (χ3n) is 0.0891. The van der Waals surface area contributed by atoms with Crippen LogP contribution in [0.4, 0.5) is 9.05 Å². The summed E-state index contributed by atoms with van der Waals surface area (Å²) in [6.07, 6.45) is 0. The Hall–Kier alpha value is -0.220. The summed E-state index contributed by atoms with van der Waals surface area (Å²) in [5, 5.41) is 0. The Labute approximate surface area is 27.1 Å². The van der Waals surface area contributed by atoms with Crippen LogP contribution in [0.5, 0.6) is 0 Å². The van der Waals surface area contributed by atoms with Gasteiger partial charge < -0.3 is 0 Å². The van der Waals surface area contributed by atoms with Crippen molar-refractivity contribution in [2.24, 2.45) is 0 Å². The molecule has 2 nitrogen and oxygen atoms in total. The molecule has 0 atom stereocenters. The van der Waals surface area contributed by atoms with Gasteiger partial charge in [0.1, 0.15) is 0 Å². The van der Waals surface area contributed by atoms with Crippen molar-refractivity contribution in [3.05, 3.63) is 0 Å². The van der Waals surface area contributed by atoms with Crippen molar-refractivity contribution in [3.8, 4) is 0 Å². The molecular formula is CH2F2O2. The summed E-state index contributed by atoms with van der Waals surface area (Å²) >= 11 is 0. The molecule has 0 amide bonds. The number of rotatable bonds is 2. The van der Waals surface area contributed by atoms with Gasteiger partial charge in [-0.1, -0.05) is 0 Å². The molecule has 0 aromatic carbocycles. The first-order valence-electron chi connectivity index (χ1n) is 0.886. The zero-order valence-electron chi connectivity index (χ0n) is 2.28. The fourth-order valence-corrected chi connectivity index (χ4v) is 0.0168. The van der Waals surface area contributed by atoms with Crippen molar-refractivity contribution >= 4 is 0 Å². The van der Waals surface area contributed by atoms with E-state index in [-0.39, 0.29) is 0 Å². The van der Waals surface area contributed by atoms with Gasteiger partial charge in [-0.15, -0.1) is 0 Å². The average Bonchev–Trinajstić information content (AvgIpc) is 1.41. The van der Waals surface area contributed by atoms with E-state index in [0.29, 0.717) is 0 Å². The molecule has 0 N–H and O–H groups in total. The van der Waals surface area contributed by atoms with E-state index in [0.717, 1.165) is 0 Å². The highest BCUT2D eigenvalue weighted by atomic mass is 19.3. The molecule has 0 radical (unpaired) electrons. The molecule has 32 valence electrons. The van der Waals surface area contributed by atoms with Crippen LogP contribution in [0.2, 0.25) is 0 Å². The molecule has 0 aliphatic carbocycles. The van der Waals surface area contributed by atoms with Gasteiger partial charge in [0.15, 0.2) is 0 Å². The smallest absolute Gasteiger partial charge is 0.162 e. The lowest BCUT2D eigenvalue weighted by molar-refractivity contribution is -0.288. The van der Waals surface area contributed by atoms with Crippen LogP contribution in [0.1, 0.15) is 0 Å². The molecule has 0 aliphatic heterocycles. The third kappa shape index (κ3) is 3.78. The van der Waals surface area contributed by atoms with E-state index >= 15 is 0 Å². The summed E-state index contributed by atoms with van der Waals surface area (Å²) < 4.78 is 20.3. The predicted molar refractivity (Wildman–Crippen MR) is 9.25 cm³/mol. The Bertz CT molecular complexity index is 15.1. The van der Waals surface area contributed by atoms with Crippen molar-refractivity contribution < 1.29 is 18.9 Å². The van der Waals surface area contributed by atoms with Gasteiger partial charge in [0.2, 0.25) is 6.79 Å². The zero-order chi connectivity index (χ0) is 4.12. The third-order valence-corrected chi connectivity index (χ3v) is 0.0891. The fourth-order valence-electron chi connectivity index (χ4n) is 0.0168. The van der Waals surface area contributed by atoms with E-state index in [1.165, 1.54) is 0 Å². The van der Waals surface area contributed by atoms with Gasteiger partial charge >= 0.3 is 0 Å². The molecule has 4 heteroatoms. The minimum Gasteiger partial charge on any atom is -0.162 e. The first-order valence-corrected chi connectivity index (χ1v) is 0.886. The minimum atomic E-state index is -0.944. The maximum Gasteiger partial charge on any atom is 0.225 e. The average molecular weight is 84.0 g/mol. The van der Waals surface area contributed by atoms with Crippen molar-refractivity contribution in [1.82, 2.24) is 0 Å². The normalized spacial score (nSPS) is 8.40. The van der Waals surface area contributed by atoms with Gasteiger partial charge in [-0.2, -0.15) is 9.88 Å². The van der Waals surface area contributed by atoms with E-state index in [1.807, 2.05) is 0 Å². The molecule has 0 aliphatic rings. The second-order valence-corrected chi connectivity index (χ2v) is 0.336. The van der Waals surface area contributed by atoms with Crippen molar-refractivity contribution in [2.75, 3.05) is 6.79 Å². The van der Waals surface area contributed by atoms with E-state index in [2.05, 4.69) is 9.88 Å². The van der Waals surface area contributed by atoms with E-state index in [4.69, 9.17) is 0 Å². The fraction of sp³-hybridized carbons (Fsp3) is 1.00. The van der Waals surface area contributed by atoms with Crippen molar-refractivity contribution in [2.45, 2.75) is 0 Å². The van der Waals surface area contributed by atoms with Crippen LogP contribution in [0, 0.1) is 0 Å². The molecule has 0 fully saturated rings. The second kappa shape index (κ2) is 3.78. The Morgan fingerprint density at radius 3 is 1.60 bits per heavy atom. The Kier molecular flexibility index (Phi) is 3.61. The second-order valence-electron chi connectivity index (χ2n) is 0.336. The molecule has 0 aromatic heterocycles. The highest BCUT2D eigenvalue weighted by Gasteiger charge is 1.73. The van der Waals surface area contributed by atoms with Crippen LogP contribution in [0.15, 0.2) is 0 Å². The molecule has 0 saturated heterocycles. The maximum absolute atomic E-state index is 10.1. The monoisotopic (exact) mass is 84.0 g/mol. The summed E-state index contributed by atoms with van der Waals surface area (Å²) in [6.45, 7) is -0.944. The lowest BCUT2D eigenvalue weighted by Crippen LogP contribution is -1.79. The predicted octanol–water partition coefficient (Wildman–Crippen LogP) is 0.746. The standard InChI is InChI=1S/CH2F2O2/c2-4-1-5-3/h1H2. The Morgan fingerprint density at radius 2 is 1.60 bits per heavy atom. The van der Waals surface area contributed by atoms with Gasteiger partial charge in [-0.3, -0.25) is 0 Å². The van der Waals surface area contributed by atoms with Gasteiger partial charge in [-0.05, 0) is 9.05 Å². The molecular weight excluding hydrogens is 82.0 g/mol. The minimum absolute atomic E-state index is 0.944. The van der Waals surface area contributed by atoms with E-state index < -0.39 is 6.79 Å². The number of hydrogen-bond acceptors (Lipinski definition) is 2. The lowest BCUT2D eigenvalue weighted by atomic mass is 11.5. The van der Waals surface area contributed by atoms with E-state index in [1.54, 1.807) is 0 Å². The molecule has 0 bridgehead atoms. The molecule has 0 spiro atoms. The molecule has 0 heterocycles. The lowest BCUT2D eigenvalue weighted by Gasteiger charge is -1.76. The maximum atomic E-state index is 10.1. The van der Waals surface area contributed by atoms with Gasteiger partial charge in [0, 0.05) is 0 Å². The van der Waals surface area contributed by atoms with E-state index in [9.17, 15) is 9.05 Å². The van der Waals surface area contributed by atoms with Gasteiger partial charge in [-0.25, -0.2) is 0 Å². The molecule has 0 aromatic rings. The number of hydrogen-bond donors (Lipinski definition) is 0. The van der Waals surface area contributed by atoms with Gasteiger partial charge in [0.05, 0.1) is 0 Å². The van der Waals surface area contributed by atoms with Gasteiger partial charge in [0.25, 0.3) is 0 Å². The molecule has 0 saturated carbocycles.